The second kappa shape index (κ2) is 8.10. The highest BCUT2D eigenvalue weighted by atomic mass is 35.5. The minimum absolute atomic E-state index is 0.0572. The Kier molecular flexibility index (Phi) is 5.63. The number of carbonyl (C=O) groups excluding carboxylic acids is 2. The van der Waals surface area contributed by atoms with E-state index < -0.39 is 0 Å². The van der Waals surface area contributed by atoms with Gasteiger partial charge >= 0.3 is 0 Å². The van der Waals surface area contributed by atoms with Gasteiger partial charge < -0.3 is 20.1 Å². The quantitative estimate of drug-likeness (QED) is 0.754. The Morgan fingerprint density at radius 2 is 2.08 bits per heavy atom. The summed E-state index contributed by atoms with van der Waals surface area (Å²) in [5.41, 5.74) is 2.11. The molecule has 0 bridgehead atoms. The molecule has 2 aromatic carbocycles. The van der Waals surface area contributed by atoms with Gasteiger partial charge in [0.05, 0.1) is 23.0 Å². The monoisotopic (exact) mass is 374 g/mol. The van der Waals surface area contributed by atoms with Crippen LogP contribution in [0.2, 0.25) is 5.02 Å². The van der Waals surface area contributed by atoms with E-state index in [2.05, 4.69) is 10.6 Å². The Morgan fingerprint density at radius 3 is 2.85 bits per heavy atom. The van der Waals surface area contributed by atoms with Crippen LogP contribution in [0, 0.1) is 6.92 Å². The van der Waals surface area contributed by atoms with Crippen molar-refractivity contribution >= 4 is 34.8 Å². The number of fused-ring (bicyclic) bond motifs is 1. The highest BCUT2D eigenvalue weighted by molar-refractivity contribution is 6.34. The maximum absolute atomic E-state index is 12.1. The first-order valence-corrected chi connectivity index (χ1v) is 8.64. The molecule has 26 heavy (non-hydrogen) atoms. The first-order valence-electron chi connectivity index (χ1n) is 8.27. The third kappa shape index (κ3) is 4.67. The van der Waals surface area contributed by atoms with Gasteiger partial charge in [0.2, 0.25) is 5.91 Å². The summed E-state index contributed by atoms with van der Waals surface area (Å²) in [5, 5.41) is 5.76. The van der Waals surface area contributed by atoms with Crippen molar-refractivity contribution in [1.29, 1.82) is 0 Å². The van der Waals surface area contributed by atoms with E-state index in [4.69, 9.17) is 21.1 Å². The van der Waals surface area contributed by atoms with Crippen LogP contribution in [0.1, 0.15) is 18.4 Å². The normalized spacial score (nSPS) is 12.6. The number of anilines is 2. The molecule has 1 aliphatic rings. The fourth-order valence-corrected chi connectivity index (χ4v) is 2.68. The van der Waals surface area contributed by atoms with E-state index in [-0.39, 0.29) is 18.4 Å². The number of halogens is 1. The molecular weight excluding hydrogens is 356 g/mol. The lowest BCUT2D eigenvalue weighted by molar-refractivity contribution is -0.118. The van der Waals surface area contributed by atoms with Crippen molar-refractivity contribution in [3.63, 3.8) is 0 Å². The van der Waals surface area contributed by atoms with Gasteiger partial charge in [-0.15, -0.1) is 0 Å². The summed E-state index contributed by atoms with van der Waals surface area (Å²) in [6.45, 7) is 2.40. The van der Waals surface area contributed by atoms with Gasteiger partial charge in [-0.3, -0.25) is 9.59 Å². The van der Waals surface area contributed by atoms with Crippen LogP contribution in [0.15, 0.2) is 36.4 Å². The van der Waals surface area contributed by atoms with Crippen molar-refractivity contribution in [3.05, 3.63) is 47.0 Å². The average molecular weight is 375 g/mol. The van der Waals surface area contributed by atoms with Crippen molar-refractivity contribution in [2.24, 2.45) is 0 Å². The Balaban J connectivity index is 1.49. The SMILES string of the molecule is Cc1ccc(OCCCC(=O)Nc2cc3c(cc2Cl)NC(=O)CO3)cc1. The lowest BCUT2D eigenvalue weighted by atomic mass is 10.2. The molecule has 0 radical (unpaired) electrons. The van der Waals surface area contributed by atoms with Gasteiger partial charge in [-0.25, -0.2) is 0 Å². The number of rotatable bonds is 6. The van der Waals surface area contributed by atoms with E-state index in [0.29, 0.717) is 41.6 Å². The molecule has 2 N–H and O–H groups in total. The van der Waals surface area contributed by atoms with Crippen LogP contribution in [0.4, 0.5) is 11.4 Å². The molecule has 6 nitrogen and oxygen atoms in total. The molecule has 0 saturated carbocycles. The summed E-state index contributed by atoms with van der Waals surface area (Å²) in [5.74, 6) is 0.859. The van der Waals surface area contributed by atoms with E-state index in [1.165, 1.54) is 5.56 Å². The first kappa shape index (κ1) is 18.1. The molecule has 3 rings (SSSR count). The van der Waals surface area contributed by atoms with Crippen LogP contribution in [0.25, 0.3) is 0 Å². The highest BCUT2D eigenvalue weighted by Crippen LogP contribution is 2.36. The number of ether oxygens (including phenoxy) is 2. The molecule has 0 aromatic heterocycles. The van der Waals surface area contributed by atoms with Crippen LogP contribution in [-0.4, -0.2) is 25.0 Å². The Hall–Kier alpha value is -2.73. The fraction of sp³-hybridized carbons (Fsp3) is 0.263. The fourth-order valence-electron chi connectivity index (χ4n) is 2.47. The standard InChI is InChI=1S/C19H19ClN2O4/c1-12-4-6-13(7-5-12)25-8-2-3-18(23)21-15-10-17-16(9-14(15)20)22-19(24)11-26-17/h4-7,9-10H,2-3,8,11H2,1H3,(H,21,23)(H,22,24). The molecular formula is C19H19ClN2O4. The maximum Gasteiger partial charge on any atom is 0.262 e. The number of carbonyl (C=O) groups is 2. The van der Waals surface area contributed by atoms with E-state index in [0.717, 1.165) is 5.75 Å². The molecule has 2 aromatic rings. The summed E-state index contributed by atoms with van der Waals surface area (Å²) in [4.78, 5) is 23.4. The number of benzene rings is 2. The molecule has 1 aliphatic heterocycles. The van der Waals surface area contributed by atoms with E-state index in [1.54, 1.807) is 12.1 Å². The Bertz CT molecular complexity index is 821. The summed E-state index contributed by atoms with van der Waals surface area (Å²) < 4.78 is 10.9. The van der Waals surface area contributed by atoms with E-state index in [1.807, 2.05) is 31.2 Å². The third-order valence-electron chi connectivity index (χ3n) is 3.81. The van der Waals surface area contributed by atoms with Crippen molar-refractivity contribution in [3.8, 4) is 11.5 Å². The molecule has 2 amide bonds. The zero-order valence-electron chi connectivity index (χ0n) is 14.3. The number of aryl methyl sites for hydroxylation is 1. The summed E-state index contributed by atoms with van der Waals surface area (Å²) in [7, 11) is 0. The Labute approximate surface area is 156 Å². The molecule has 0 atom stereocenters. The zero-order chi connectivity index (χ0) is 18.5. The third-order valence-corrected chi connectivity index (χ3v) is 4.13. The summed E-state index contributed by atoms with van der Waals surface area (Å²) in [6, 6.07) is 10.9. The summed E-state index contributed by atoms with van der Waals surface area (Å²) in [6.07, 6.45) is 0.881. The highest BCUT2D eigenvalue weighted by Gasteiger charge is 2.19. The van der Waals surface area contributed by atoms with Crippen molar-refractivity contribution < 1.29 is 19.1 Å². The average Bonchev–Trinajstić information content (AvgIpc) is 2.61. The maximum atomic E-state index is 12.1. The van der Waals surface area contributed by atoms with Gasteiger partial charge in [-0.1, -0.05) is 29.3 Å². The number of hydrogen-bond donors (Lipinski definition) is 2. The minimum Gasteiger partial charge on any atom is -0.494 e. The predicted octanol–water partition coefficient (Wildman–Crippen LogP) is 3.78. The number of nitrogens with one attached hydrogen (secondary N) is 2. The minimum atomic E-state index is -0.237. The second-order valence-corrected chi connectivity index (χ2v) is 6.39. The summed E-state index contributed by atoms with van der Waals surface area (Å²) >= 11 is 6.16. The van der Waals surface area contributed by atoms with Gasteiger partial charge in [-0.2, -0.15) is 0 Å². The lowest BCUT2D eigenvalue weighted by Gasteiger charge is -2.19. The topological polar surface area (TPSA) is 76.7 Å². The predicted molar refractivity (Wildman–Crippen MR) is 100 cm³/mol. The van der Waals surface area contributed by atoms with Gasteiger partial charge in [0.15, 0.2) is 6.61 Å². The molecule has 1 heterocycles. The van der Waals surface area contributed by atoms with Crippen molar-refractivity contribution in [1.82, 2.24) is 0 Å². The number of amides is 2. The van der Waals surface area contributed by atoms with Crippen LogP contribution < -0.4 is 20.1 Å². The van der Waals surface area contributed by atoms with E-state index in [9.17, 15) is 9.59 Å². The molecule has 0 saturated heterocycles. The zero-order valence-corrected chi connectivity index (χ0v) is 15.1. The second-order valence-electron chi connectivity index (χ2n) is 5.98. The van der Waals surface area contributed by atoms with Crippen LogP contribution in [-0.2, 0) is 9.59 Å². The van der Waals surface area contributed by atoms with E-state index >= 15 is 0 Å². The number of hydrogen-bond acceptors (Lipinski definition) is 4. The Morgan fingerprint density at radius 1 is 1.31 bits per heavy atom. The van der Waals surface area contributed by atoms with Gasteiger partial charge in [0, 0.05) is 12.5 Å². The molecule has 0 spiro atoms. The van der Waals surface area contributed by atoms with Crippen molar-refractivity contribution in [2.75, 3.05) is 23.8 Å². The molecule has 7 heteroatoms. The molecule has 0 fully saturated rings. The van der Waals surface area contributed by atoms with Crippen LogP contribution in [0.3, 0.4) is 0 Å². The van der Waals surface area contributed by atoms with Gasteiger partial charge in [0.1, 0.15) is 11.5 Å². The van der Waals surface area contributed by atoms with Gasteiger partial charge in [0.25, 0.3) is 5.91 Å². The van der Waals surface area contributed by atoms with Crippen molar-refractivity contribution in [2.45, 2.75) is 19.8 Å². The molecule has 0 aliphatic carbocycles. The molecule has 0 unspecified atom stereocenters. The van der Waals surface area contributed by atoms with Crippen LogP contribution >= 0.6 is 11.6 Å². The largest absolute Gasteiger partial charge is 0.494 e. The van der Waals surface area contributed by atoms with Crippen LogP contribution in [0.5, 0.6) is 11.5 Å². The van der Waals surface area contributed by atoms with Gasteiger partial charge in [-0.05, 0) is 31.5 Å². The molecule has 136 valence electrons. The lowest BCUT2D eigenvalue weighted by Crippen LogP contribution is -2.25. The first-order chi connectivity index (χ1) is 12.5. The smallest absolute Gasteiger partial charge is 0.262 e.